The van der Waals surface area contributed by atoms with Gasteiger partial charge in [-0.15, -0.1) is 11.3 Å². The van der Waals surface area contributed by atoms with E-state index in [4.69, 9.17) is 0 Å². The minimum Gasteiger partial charge on any atom is -0.382 e. The Balaban J connectivity index is 1.77. The number of rotatable bonds is 4. The van der Waals surface area contributed by atoms with Crippen molar-refractivity contribution >= 4 is 17.0 Å². The van der Waals surface area contributed by atoms with Crippen LogP contribution in [0.3, 0.4) is 0 Å². The molecule has 1 aromatic heterocycles. The summed E-state index contributed by atoms with van der Waals surface area (Å²) in [6.07, 6.45) is 6.76. The summed E-state index contributed by atoms with van der Waals surface area (Å²) in [7, 11) is 0. The fraction of sp³-hybridized carbons (Fsp3) is 0.444. The van der Waals surface area contributed by atoms with Crippen molar-refractivity contribution in [1.82, 2.24) is 0 Å². The molecule has 1 aromatic carbocycles. The van der Waals surface area contributed by atoms with Gasteiger partial charge in [0, 0.05) is 22.2 Å². The number of hydrogen-bond acceptors (Lipinski definition) is 2. The van der Waals surface area contributed by atoms with E-state index in [1.165, 1.54) is 48.2 Å². The highest BCUT2D eigenvalue weighted by atomic mass is 32.1. The molecule has 2 atom stereocenters. The molecular formula is C18H23NS. The van der Waals surface area contributed by atoms with E-state index in [1.807, 2.05) is 11.3 Å². The minimum absolute atomic E-state index is 0.648. The Kier molecular flexibility index (Phi) is 4.41. The summed E-state index contributed by atoms with van der Waals surface area (Å²) in [5.41, 5.74) is 2.65. The first kappa shape index (κ1) is 13.7. The van der Waals surface area contributed by atoms with Gasteiger partial charge in [0.15, 0.2) is 0 Å². The molecule has 2 heteroatoms. The van der Waals surface area contributed by atoms with Crippen molar-refractivity contribution in [2.75, 3.05) is 5.32 Å². The van der Waals surface area contributed by atoms with Crippen LogP contribution in [0.4, 0.5) is 5.69 Å². The van der Waals surface area contributed by atoms with E-state index in [0.717, 1.165) is 5.92 Å². The lowest BCUT2D eigenvalue weighted by Crippen LogP contribution is -2.27. The zero-order valence-corrected chi connectivity index (χ0v) is 13.0. The zero-order valence-electron chi connectivity index (χ0n) is 12.1. The molecule has 1 aliphatic rings. The van der Waals surface area contributed by atoms with Crippen LogP contribution < -0.4 is 5.32 Å². The van der Waals surface area contributed by atoms with E-state index >= 15 is 0 Å². The number of anilines is 1. The summed E-state index contributed by atoms with van der Waals surface area (Å²) in [4.78, 5) is 1.36. The molecule has 1 saturated carbocycles. The van der Waals surface area contributed by atoms with Crippen molar-refractivity contribution < 1.29 is 0 Å². The Bertz CT molecular complexity index is 532. The average molecular weight is 285 g/mol. The normalized spacial score (nSPS) is 22.6. The standard InChI is InChI=1S/C18H23NS/c1-2-14-7-5-8-15(13-14)19-17-10-4-3-9-16(17)18-11-6-12-20-18/h3-4,6,9-12,14-15,19H,2,5,7-8,13H2,1H3. The lowest BCUT2D eigenvalue weighted by molar-refractivity contribution is 0.327. The summed E-state index contributed by atoms with van der Waals surface area (Å²) in [5, 5.41) is 5.96. The van der Waals surface area contributed by atoms with Crippen molar-refractivity contribution in [1.29, 1.82) is 0 Å². The molecular weight excluding hydrogens is 262 g/mol. The highest BCUT2D eigenvalue weighted by Crippen LogP contribution is 2.34. The van der Waals surface area contributed by atoms with E-state index in [0.29, 0.717) is 6.04 Å². The molecule has 0 amide bonds. The van der Waals surface area contributed by atoms with Crippen LogP contribution in [-0.2, 0) is 0 Å². The molecule has 1 heterocycles. The Labute approximate surface area is 126 Å². The second-order valence-electron chi connectivity index (χ2n) is 5.81. The van der Waals surface area contributed by atoms with Gasteiger partial charge in [0.25, 0.3) is 0 Å². The molecule has 1 nitrogen and oxygen atoms in total. The van der Waals surface area contributed by atoms with Gasteiger partial charge in [-0.2, -0.15) is 0 Å². The molecule has 0 saturated heterocycles. The van der Waals surface area contributed by atoms with Crippen LogP contribution in [0.1, 0.15) is 39.0 Å². The molecule has 0 radical (unpaired) electrons. The fourth-order valence-corrected chi connectivity index (χ4v) is 4.03. The predicted molar refractivity (Wildman–Crippen MR) is 89.4 cm³/mol. The maximum absolute atomic E-state index is 3.81. The largest absolute Gasteiger partial charge is 0.382 e. The summed E-state index contributed by atoms with van der Waals surface area (Å²) < 4.78 is 0. The number of benzene rings is 1. The van der Waals surface area contributed by atoms with Crippen molar-refractivity contribution in [3.05, 3.63) is 41.8 Å². The van der Waals surface area contributed by atoms with Crippen LogP contribution >= 0.6 is 11.3 Å². The monoisotopic (exact) mass is 285 g/mol. The van der Waals surface area contributed by atoms with E-state index in [-0.39, 0.29) is 0 Å². The third-order valence-corrected chi connectivity index (χ3v) is 5.34. The smallest absolute Gasteiger partial charge is 0.0430 e. The molecule has 1 fully saturated rings. The number of hydrogen-bond donors (Lipinski definition) is 1. The number of thiophene rings is 1. The van der Waals surface area contributed by atoms with Gasteiger partial charge in [0.05, 0.1) is 0 Å². The molecule has 2 aromatic rings. The van der Waals surface area contributed by atoms with E-state index in [2.05, 4.69) is 54.0 Å². The van der Waals surface area contributed by atoms with Crippen LogP contribution in [0.5, 0.6) is 0 Å². The second-order valence-corrected chi connectivity index (χ2v) is 6.75. The van der Waals surface area contributed by atoms with E-state index in [9.17, 15) is 0 Å². The van der Waals surface area contributed by atoms with Gasteiger partial charge in [-0.1, -0.05) is 50.5 Å². The van der Waals surface area contributed by atoms with Gasteiger partial charge in [0.1, 0.15) is 0 Å². The highest BCUT2D eigenvalue weighted by Gasteiger charge is 2.21. The first-order valence-electron chi connectivity index (χ1n) is 7.76. The van der Waals surface area contributed by atoms with Crippen LogP contribution in [0.25, 0.3) is 10.4 Å². The minimum atomic E-state index is 0.648. The molecule has 0 spiro atoms. The summed E-state index contributed by atoms with van der Waals surface area (Å²) in [6, 6.07) is 13.7. The van der Waals surface area contributed by atoms with Crippen molar-refractivity contribution in [2.24, 2.45) is 5.92 Å². The first-order valence-corrected chi connectivity index (χ1v) is 8.64. The Morgan fingerprint density at radius 3 is 2.85 bits per heavy atom. The van der Waals surface area contributed by atoms with Crippen LogP contribution in [0.15, 0.2) is 41.8 Å². The molecule has 2 unspecified atom stereocenters. The zero-order chi connectivity index (χ0) is 13.8. The van der Waals surface area contributed by atoms with Crippen LogP contribution in [-0.4, -0.2) is 6.04 Å². The number of para-hydroxylation sites is 1. The van der Waals surface area contributed by atoms with E-state index in [1.54, 1.807) is 0 Å². The molecule has 1 N–H and O–H groups in total. The lowest BCUT2D eigenvalue weighted by Gasteiger charge is -2.30. The molecule has 0 bridgehead atoms. The lowest BCUT2D eigenvalue weighted by atomic mass is 9.84. The second kappa shape index (κ2) is 6.45. The molecule has 3 rings (SSSR count). The average Bonchev–Trinajstić information content (AvgIpc) is 3.02. The maximum Gasteiger partial charge on any atom is 0.0430 e. The molecule has 0 aliphatic heterocycles. The molecule has 106 valence electrons. The third kappa shape index (κ3) is 3.06. The predicted octanol–water partition coefficient (Wildman–Crippen LogP) is 5.80. The first-order chi connectivity index (χ1) is 9.86. The third-order valence-electron chi connectivity index (χ3n) is 4.43. The quantitative estimate of drug-likeness (QED) is 0.749. The summed E-state index contributed by atoms with van der Waals surface area (Å²) in [5.74, 6) is 0.912. The van der Waals surface area contributed by atoms with Gasteiger partial charge in [-0.3, -0.25) is 0 Å². The van der Waals surface area contributed by atoms with Gasteiger partial charge in [0.2, 0.25) is 0 Å². The summed E-state index contributed by atoms with van der Waals surface area (Å²) >= 11 is 1.82. The van der Waals surface area contributed by atoms with E-state index < -0.39 is 0 Å². The van der Waals surface area contributed by atoms with Crippen LogP contribution in [0, 0.1) is 5.92 Å². The van der Waals surface area contributed by atoms with Gasteiger partial charge in [-0.05, 0) is 36.3 Å². The SMILES string of the molecule is CCC1CCCC(Nc2ccccc2-c2cccs2)C1. The van der Waals surface area contributed by atoms with Gasteiger partial charge in [-0.25, -0.2) is 0 Å². The van der Waals surface area contributed by atoms with Gasteiger partial charge < -0.3 is 5.32 Å². The topological polar surface area (TPSA) is 12.0 Å². The fourth-order valence-electron chi connectivity index (χ4n) is 3.27. The Morgan fingerprint density at radius 1 is 1.15 bits per heavy atom. The molecule has 20 heavy (non-hydrogen) atoms. The van der Waals surface area contributed by atoms with Gasteiger partial charge >= 0.3 is 0 Å². The Morgan fingerprint density at radius 2 is 2.05 bits per heavy atom. The van der Waals surface area contributed by atoms with Crippen LogP contribution in [0.2, 0.25) is 0 Å². The highest BCUT2D eigenvalue weighted by molar-refractivity contribution is 7.13. The van der Waals surface area contributed by atoms with Crippen molar-refractivity contribution in [2.45, 2.75) is 45.1 Å². The van der Waals surface area contributed by atoms with Crippen molar-refractivity contribution in [3.8, 4) is 10.4 Å². The maximum atomic E-state index is 3.81. The summed E-state index contributed by atoms with van der Waals surface area (Å²) in [6.45, 7) is 2.33. The number of nitrogens with one attached hydrogen (secondary N) is 1. The Hall–Kier alpha value is -1.28. The molecule has 1 aliphatic carbocycles. The van der Waals surface area contributed by atoms with Crippen molar-refractivity contribution in [3.63, 3.8) is 0 Å².